The van der Waals surface area contributed by atoms with Crippen molar-refractivity contribution in [2.24, 2.45) is 5.10 Å². The van der Waals surface area contributed by atoms with Gasteiger partial charge in [0.2, 0.25) is 0 Å². The van der Waals surface area contributed by atoms with E-state index in [1.807, 2.05) is 18.2 Å². The molecular weight excluding hydrogens is 263 g/mol. The van der Waals surface area contributed by atoms with Crippen LogP contribution < -0.4 is 10.7 Å². The van der Waals surface area contributed by atoms with Crippen LogP contribution in [-0.2, 0) is 0 Å². The summed E-state index contributed by atoms with van der Waals surface area (Å²) in [7, 11) is 0. The van der Waals surface area contributed by atoms with Crippen LogP contribution in [-0.4, -0.2) is 16.3 Å². The van der Waals surface area contributed by atoms with Crippen molar-refractivity contribution in [3.8, 4) is 0 Å². The molecule has 0 saturated carbocycles. The molecule has 0 unspecified atom stereocenters. The quantitative estimate of drug-likeness (QED) is 0.513. The summed E-state index contributed by atoms with van der Waals surface area (Å²) in [5, 5.41) is 7.13. The van der Waals surface area contributed by atoms with E-state index in [4.69, 9.17) is 12.2 Å². The van der Waals surface area contributed by atoms with Crippen molar-refractivity contribution in [1.82, 2.24) is 10.4 Å². The second-order valence-electron chi connectivity index (χ2n) is 3.59. The number of anilines is 1. The van der Waals surface area contributed by atoms with Crippen LogP contribution in [0.3, 0.4) is 0 Å². The van der Waals surface area contributed by atoms with E-state index < -0.39 is 0 Å². The van der Waals surface area contributed by atoms with Gasteiger partial charge in [-0.15, -0.1) is 0 Å². The maximum Gasteiger partial charge on any atom is 0.191 e. The van der Waals surface area contributed by atoms with Crippen LogP contribution in [0.25, 0.3) is 0 Å². The Kier molecular flexibility index (Phi) is 4.52. The van der Waals surface area contributed by atoms with E-state index >= 15 is 0 Å². The number of rotatable bonds is 3. The maximum absolute atomic E-state index is 12.7. The lowest BCUT2D eigenvalue weighted by molar-refractivity contribution is 0.628. The molecule has 0 spiro atoms. The van der Waals surface area contributed by atoms with Crippen molar-refractivity contribution < 1.29 is 4.39 Å². The fourth-order valence-electron chi connectivity index (χ4n) is 1.30. The molecule has 0 bridgehead atoms. The number of thiocarbonyl (C=S) groups is 1. The highest BCUT2D eigenvalue weighted by Crippen LogP contribution is 2.07. The lowest BCUT2D eigenvalue weighted by atomic mass is 10.3. The Morgan fingerprint density at radius 2 is 2.00 bits per heavy atom. The van der Waals surface area contributed by atoms with Crippen LogP contribution in [0.2, 0.25) is 0 Å². The number of hydrogen-bond acceptors (Lipinski definition) is 3. The Labute approximate surface area is 115 Å². The largest absolute Gasteiger partial charge is 0.331 e. The third kappa shape index (κ3) is 4.44. The first-order chi connectivity index (χ1) is 9.24. The van der Waals surface area contributed by atoms with Gasteiger partial charge in [-0.3, -0.25) is 10.4 Å². The molecule has 19 heavy (non-hydrogen) atoms. The zero-order chi connectivity index (χ0) is 13.5. The second kappa shape index (κ2) is 6.55. The molecule has 96 valence electrons. The molecule has 1 aromatic carbocycles. The molecule has 0 fully saturated rings. The highest BCUT2D eigenvalue weighted by Gasteiger charge is 1.96. The molecule has 2 N–H and O–H groups in total. The van der Waals surface area contributed by atoms with Gasteiger partial charge in [-0.25, -0.2) is 4.39 Å². The molecular formula is C13H11FN4S. The van der Waals surface area contributed by atoms with Crippen molar-refractivity contribution in [3.05, 3.63) is 60.2 Å². The van der Waals surface area contributed by atoms with Crippen LogP contribution in [0.4, 0.5) is 10.1 Å². The van der Waals surface area contributed by atoms with Gasteiger partial charge in [0.15, 0.2) is 5.11 Å². The zero-order valence-electron chi connectivity index (χ0n) is 9.88. The summed E-state index contributed by atoms with van der Waals surface area (Å²) in [5.74, 6) is -0.294. The van der Waals surface area contributed by atoms with Gasteiger partial charge in [-0.1, -0.05) is 6.07 Å². The number of pyridine rings is 1. The lowest BCUT2D eigenvalue weighted by Gasteiger charge is -2.06. The molecule has 6 heteroatoms. The zero-order valence-corrected chi connectivity index (χ0v) is 10.7. The summed E-state index contributed by atoms with van der Waals surface area (Å²) in [4.78, 5) is 4.07. The molecule has 2 rings (SSSR count). The van der Waals surface area contributed by atoms with Gasteiger partial charge in [-0.2, -0.15) is 5.10 Å². The summed E-state index contributed by atoms with van der Waals surface area (Å²) in [6.45, 7) is 0. The van der Waals surface area contributed by atoms with Gasteiger partial charge in [0.25, 0.3) is 0 Å². The van der Waals surface area contributed by atoms with Crippen LogP contribution >= 0.6 is 12.2 Å². The van der Waals surface area contributed by atoms with Crippen LogP contribution in [0.5, 0.6) is 0 Å². The molecule has 2 aromatic rings. The Morgan fingerprint density at radius 3 is 2.68 bits per heavy atom. The van der Waals surface area contributed by atoms with Crippen molar-refractivity contribution in [2.45, 2.75) is 0 Å². The Morgan fingerprint density at radius 1 is 1.21 bits per heavy atom. The average Bonchev–Trinajstić information content (AvgIpc) is 2.43. The van der Waals surface area contributed by atoms with Gasteiger partial charge < -0.3 is 5.32 Å². The maximum atomic E-state index is 12.7. The number of halogens is 1. The first-order valence-electron chi connectivity index (χ1n) is 5.51. The Hall–Kier alpha value is -2.34. The molecule has 0 atom stereocenters. The summed E-state index contributed by atoms with van der Waals surface area (Å²) in [6, 6.07) is 11.4. The van der Waals surface area contributed by atoms with E-state index in [0.29, 0.717) is 10.8 Å². The Balaban J connectivity index is 1.85. The van der Waals surface area contributed by atoms with Gasteiger partial charge >= 0.3 is 0 Å². The van der Waals surface area contributed by atoms with E-state index in [9.17, 15) is 4.39 Å². The standard InChI is InChI=1S/C13H11FN4S/c14-10-4-6-11(7-5-10)17-13(19)18-16-9-12-3-1-2-8-15-12/h1-9H,(H2,17,18,19). The first-order valence-corrected chi connectivity index (χ1v) is 5.91. The number of nitrogens with one attached hydrogen (secondary N) is 2. The van der Waals surface area contributed by atoms with Crippen LogP contribution in [0.1, 0.15) is 5.69 Å². The number of aromatic nitrogens is 1. The summed E-state index contributed by atoms with van der Waals surface area (Å²) in [6.07, 6.45) is 3.23. The lowest BCUT2D eigenvalue weighted by Crippen LogP contribution is -2.23. The van der Waals surface area contributed by atoms with Gasteiger partial charge in [0.1, 0.15) is 5.82 Å². The van der Waals surface area contributed by atoms with E-state index in [1.54, 1.807) is 24.5 Å². The fourth-order valence-corrected chi connectivity index (χ4v) is 1.47. The van der Waals surface area contributed by atoms with Gasteiger partial charge in [-0.05, 0) is 48.6 Å². The highest BCUT2D eigenvalue weighted by molar-refractivity contribution is 7.80. The van der Waals surface area contributed by atoms with Crippen molar-refractivity contribution in [3.63, 3.8) is 0 Å². The van der Waals surface area contributed by atoms with E-state index in [2.05, 4.69) is 20.8 Å². The number of hydrazone groups is 1. The monoisotopic (exact) mass is 274 g/mol. The molecule has 0 aliphatic rings. The topological polar surface area (TPSA) is 49.3 Å². The number of hydrogen-bond donors (Lipinski definition) is 2. The third-order valence-electron chi connectivity index (χ3n) is 2.15. The predicted octanol–water partition coefficient (Wildman–Crippen LogP) is 2.54. The van der Waals surface area contributed by atoms with Gasteiger partial charge in [0.05, 0.1) is 11.9 Å². The van der Waals surface area contributed by atoms with Crippen LogP contribution in [0, 0.1) is 5.82 Å². The first kappa shape index (κ1) is 13.1. The molecule has 0 amide bonds. The van der Waals surface area contributed by atoms with Crippen LogP contribution in [0.15, 0.2) is 53.8 Å². The molecule has 1 heterocycles. The van der Waals surface area contributed by atoms with Crippen molar-refractivity contribution >= 4 is 29.2 Å². The third-order valence-corrected chi connectivity index (χ3v) is 2.35. The smallest absolute Gasteiger partial charge is 0.191 e. The Bertz CT molecular complexity index is 569. The molecule has 0 radical (unpaired) electrons. The minimum atomic E-state index is -0.294. The van der Waals surface area contributed by atoms with E-state index in [-0.39, 0.29) is 5.82 Å². The minimum Gasteiger partial charge on any atom is -0.331 e. The summed E-state index contributed by atoms with van der Waals surface area (Å²) >= 11 is 5.03. The van der Waals surface area contributed by atoms with Crippen molar-refractivity contribution in [2.75, 3.05) is 5.32 Å². The molecule has 0 saturated heterocycles. The predicted molar refractivity (Wildman–Crippen MR) is 77.6 cm³/mol. The van der Waals surface area contributed by atoms with Gasteiger partial charge in [0, 0.05) is 11.9 Å². The minimum absolute atomic E-state index is 0.294. The molecule has 4 nitrogen and oxygen atoms in total. The summed E-state index contributed by atoms with van der Waals surface area (Å²) in [5.41, 5.74) is 4.06. The second-order valence-corrected chi connectivity index (χ2v) is 3.99. The molecule has 0 aliphatic heterocycles. The normalized spacial score (nSPS) is 10.4. The summed E-state index contributed by atoms with van der Waals surface area (Å²) < 4.78 is 12.7. The fraction of sp³-hybridized carbons (Fsp3) is 0. The number of benzene rings is 1. The molecule has 0 aliphatic carbocycles. The van der Waals surface area contributed by atoms with E-state index in [0.717, 1.165) is 5.69 Å². The number of nitrogens with zero attached hydrogens (tertiary/aromatic N) is 2. The highest BCUT2D eigenvalue weighted by atomic mass is 32.1. The van der Waals surface area contributed by atoms with Crippen molar-refractivity contribution in [1.29, 1.82) is 0 Å². The van der Waals surface area contributed by atoms with E-state index in [1.165, 1.54) is 12.1 Å². The molecule has 1 aromatic heterocycles. The average molecular weight is 274 g/mol. The SMILES string of the molecule is Fc1ccc(NC(=S)NN=Cc2ccccn2)cc1.